The molecule has 0 spiro atoms. The third kappa shape index (κ3) is 2.83. The predicted octanol–water partition coefficient (Wildman–Crippen LogP) is 1.74. The Bertz CT molecular complexity index is 357. The van der Waals surface area contributed by atoms with Gasteiger partial charge in [-0.25, -0.2) is 4.99 Å². The zero-order valence-electron chi connectivity index (χ0n) is 9.48. The van der Waals surface area contributed by atoms with Crippen LogP contribution in [0.15, 0.2) is 29.3 Å². The maximum Gasteiger partial charge on any atom is 0.216 e. The summed E-state index contributed by atoms with van der Waals surface area (Å²) in [6.07, 6.45) is 3.36. The molecule has 0 atom stereocenters. The summed E-state index contributed by atoms with van der Waals surface area (Å²) < 4.78 is 5.41. The Morgan fingerprint density at radius 2 is 2.00 bits per heavy atom. The van der Waals surface area contributed by atoms with E-state index >= 15 is 0 Å². The van der Waals surface area contributed by atoms with Gasteiger partial charge < -0.3 is 10.5 Å². The third-order valence-electron chi connectivity index (χ3n) is 2.71. The maximum absolute atomic E-state index is 5.47. The standard InChI is InChI=1S/C13H18N2O/c14-8-2-1-3-11-4-6-12(7-5-11)13-15-9-10-16-13/h4-7H,1-3,8-10,14H2. The molecule has 2 N–H and O–H groups in total. The molecule has 16 heavy (non-hydrogen) atoms. The van der Waals surface area contributed by atoms with Crippen LogP contribution in [-0.4, -0.2) is 25.6 Å². The van der Waals surface area contributed by atoms with E-state index in [0.717, 1.165) is 43.8 Å². The van der Waals surface area contributed by atoms with Crippen LogP contribution in [0.1, 0.15) is 24.0 Å². The summed E-state index contributed by atoms with van der Waals surface area (Å²) in [5, 5.41) is 0. The lowest BCUT2D eigenvalue weighted by Gasteiger charge is -2.04. The summed E-state index contributed by atoms with van der Waals surface area (Å²) >= 11 is 0. The summed E-state index contributed by atoms with van der Waals surface area (Å²) in [5.41, 5.74) is 7.91. The highest BCUT2D eigenvalue weighted by Crippen LogP contribution is 2.11. The van der Waals surface area contributed by atoms with Crippen molar-refractivity contribution in [3.05, 3.63) is 35.4 Å². The molecule has 0 saturated carbocycles. The SMILES string of the molecule is NCCCCc1ccc(C2=NCCO2)cc1. The minimum absolute atomic E-state index is 0.716. The van der Waals surface area contributed by atoms with Crippen molar-refractivity contribution >= 4 is 5.90 Å². The normalized spacial score (nSPS) is 14.7. The Labute approximate surface area is 96.3 Å². The molecule has 0 bridgehead atoms. The van der Waals surface area contributed by atoms with Crippen LogP contribution in [0.3, 0.4) is 0 Å². The second-order valence-corrected chi connectivity index (χ2v) is 3.98. The largest absolute Gasteiger partial charge is 0.476 e. The Morgan fingerprint density at radius 3 is 2.62 bits per heavy atom. The van der Waals surface area contributed by atoms with Gasteiger partial charge in [-0.1, -0.05) is 12.1 Å². The molecule has 1 aromatic rings. The summed E-state index contributed by atoms with van der Waals surface area (Å²) in [7, 11) is 0. The Balaban J connectivity index is 1.93. The van der Waals surface area contributed by atoms with E-state index in [2.05, 4.69) is 29.3 Å². The van der Waals surface area contributed by atoms with Crippen LogP contribution in [-0.2, 0) is 11.2 Å². The molecule has 0 aliphatic carbocycles. The number of nitrogens with two attached hydrogens (primary N) is 1. The Hall–Kier alpha value is -1.35. The fraction of sp³-hybridized carbons (Fsp3) is 0.462. The molecule has 1 aliphatic rings. The maximum atomic E-state index is 5.47. The smallest absolute Gasteiger partial charge is 0.216 e. The molecule has 3 nitrogen and oxygen atoms in total. The number of aliphatic imine (C=N–C) groups is 1. The molecule has 1 aliphatic heterocycles. The lowest BCUT2D eigenvalue weighted by molar-refractivity contribution is 0.348. The van der Waals surface area contributed by atoms with Crippen molar-refractivity contribution in [2.45, 2.75) is 19.3 Å². The first-order valence-corrected chi connectivity index (χ1v) is 5.87. The first-order valence-electron chi connectivity index (χ1n) is 5.87. The second-order valence-electron chi connectivity index (χ2n) is 3.98. The number of benzene rings is 1. The van der Waals surface area contributed by atoms with Crippen molar-refractivity contribution in [1.82, 2.24) is 0 Å². The highest BCUT2D eigenvalue weighted by molar-refractivity contribution is 5.94. The third-order valence-corrected chi connectivity index (χ3v) is 2.71. The Kier molecular flexibility index (Phi) is 3.94. The number of rotatable bonds is 5. The zero-order valence-corrected chi connectivity index (χ0v) is 9.48. The first-order chi connectivity index (χ1) is 7.90. The van der Waals surface area contributed by atoms with Gasteiger partial charge in [-0.3, -0.25) is 0 Å². The molecule has 86 valence electrons. The van der Waals surface area contributed by atoms with E-state index in [9.17, 15) is 0 Å². The van der Waals surface area contributed by atoms with E-state index < -0.39 is 0 Å². The zero-order chi connectivity index (χ0) is 11.2. The van der Waals surface area contributed by atoms with E-state index in [1.54, 1.807) is 0 Å². The predicted molar refractivity (Wildman–Crippen MR) is 65.8 cm³/mol. The average molecular weight is 218 g/mol. The van der Waals surface area contributed by atoms with E-state index in [1.807, 2.05) is 0 Å². The van der Waals surface area contributed by atoms with Crippen LogP contribution >= 0.6 is 0 Å². The van der Waals surface area contributed by atoms with Crippen LogP contribution in [0.5, 0.6) is 0 Å². The fourth-order valence-electron chi connectivity index (χ4n) is 1.80. The Morgan fingerprint density at radius 1 is 1.19 bits per heavy atom. The van der Waals surface area contributed by atoms with Gasteiger partial charge in [0.25, 0.3) is 0 Å². The number of hydrogen-bond donors (Lipinski definition) is 1. The van der Waals surface area contributed by atoms with E-state index in [4.69, 9.17) is 10.5 Å². The molecule has 0 unspecified atom stereocenters. The van der Waals surface area contributed by atoms with Gasteiger partial charge in [0.05, 0.1) is 6.54 Å². The monoisotopic (exact) mass is 218 g/mol. The van der Waals surface area contributed by atoms with Gasteiger partial charge in [-0.05, 0) is 43.5 Å². The van der Waals surface area contributed by atoms with Crippen LogP contribution in [0.4, 0.5) is 0 Å². The fourth-order valence-corrected chi connectivity index (χ4v) is 1.80. The van der Waals surface area contributed by atoms with Crippen LogP contribution in [0, 0.1) is 0 Å². The first kappa shape index (κ1) is 11.1. The van der Waals surface area contributed by atoms with Gasteiger partial charge in [0.2, 0.25) is 5.90 Å². The van der Waals surface area contributed by atoms with Gasteiger partial charge in [0.15, 0.2) is 0 Å². The van der Waals surface area contributed by atoms with Crippen molar-refractivity contribution < 1.29 is 4.74 Å². The minimum atomic E-state index is 0.716. The van der Waals surface area contributed by atoms with Crippen molar-refractivity contribution in [2.75, 3.05) is 19.7 Å². The molecule has 0 aromatic heterocycles. The quantitative estimate of drug-likeness (QED) is 0.765. The second kappa shape index (κ2) is 5.66. The number of nitrogens with zero attached hydrogens (tertiary/aromatic N) is 1. The molecule has 1 aromatic carbocycles. The van der Waals surface area contributed by atoms with Crippen LogP contribution < -0.4 is 5.73 Å². The number of aryl methyl sites for hydroxylation is 1. The molecule has 0 amide bonds. The van der Waals surface area contributed by atoms with Crippen molar-refractivity contribution in [3.8, 4) is 0 Å². The van der Waals surface area contributed by atoms with Crippen LogP contribution in [0.25, 0.3) is 0 Å². The van der Waals surface area contributed by atoms with E-state index in [0.29, 0.717) is 6.61 Å². The number of hydrogen-bond acceptors (Lipinski definition) is 3. The van der Waals surface area contributed by atoms with Gasteiger partial charge >= 0.3 is 0 Å². The van der Waals surface area contributed by atoms with Crippen molar-refractivity contribution in [1.29, 1.82) is 0 Å². The van der Waals surface area contributed by atoms with Gasteiger partial charge in [0.1, 0.15) is 6.61 Å². The van der Waals surface area contributed by atoms with Crippen LogP contribution in [0.2, 0.25) is 0 Å². The number of ether oxygens (including phenoxy) is 1. The van der Waals surface area contributed by atoms with Crippen molar-refractivity contribution in [3.63, 3.8) is 0 Å². The molecule has 1 heterocycles. The molecule has 3 heteroatoms. The lowest BCUT2D eigenvalue weighted by atomic mass is 10.1. The number of unbranched alkanes of at least 4 members (excludes halogenated alkanes) is 1. The summed E-state index contributed by atoms with van der Waals surface area (Å²) in [4.78, 5) is 4.29. The lowest BCUT2D eigenvalue weighted by Crippen LogP contribution is -2.01. The molecule has 0 fully saturated rings. The average Bonchev–Trinajstić information content (AvgIpc) is 2.84. The highest BCUT2D eigenvalue weighted by Gasteiger charge is 2.09. The summed E-state index contributed by atoms with van der Waals surface area (Å²) in [6.45, 7) is 2.28. The molecule has 2 rings (SSSR count). The van der Waals surface area contributed by atoms with Crippen molar-refractivity contribution in [2.24, 2.45) is 10.7 Å². The summed E-state index contributed by atoms with van der Waals surface area (Å²) in [6, 6.07) is 8.47. The van der Waals surface area contributed by atoms with Gasteiger partial charge in [-0.2, -0.15) is 0 Å². The minimum Gasteiger partial charge on any atom is -0.476 e. The van der Waals surface area contributed by atoms with Gasteiger partial charge in [0, 0.05) is 5.56 Å². The molecular formula is C13H18N2O. The topological polar surface area (TPSA) is 47.6 Å². The van der Waals surface area contributed by atoms with Gasteiger partial charge in [-0.15, -0.1) is 0 Å². The molecule has 0 radical (unpaired) electrons. The van der Waals surface area contributed by atoms with E-state index in [-0.39, 0.29) is 0 Å². The highest BCUT2D eigenvalue weighted by atomic mass is 16.5. The van der Waals surface area contributed by atoms with E-state index in [1.165, 1.54) is 5.56 Å². The molecule has 0 saturated heterocycles. The molecular weight excluding hydrogens is 200 g/mol. The summed E-state index contributed by atoms with van der Waals surface area (Å²) in [5.74, 6) is 0.786.